The SMILES string of the molecule is COCCNC(=O)CNC(=O)c1sccc1/C=C/C(=O)O. The number of nitrogens with one attached hydrogen (secondary N) is 2. The van der Waals surface area contributed by atoms with Crippen LogP contribution < -0.4 is 10.6 Å². The van der Waals surface area contributed by atoms with E-state index in [0.29, 0.717) is 23.6 Å². The Morgan fingerprint density at radius 2 is 2.14 bits per heavy atom. The zero-order valence-corrected chi connectivity index (χ0v) is 12.2. The third-order valence-corrected chi connectivity index (χ3v) is 3.27. The van der Waals surface area contributed by atoms with Gasteiger partial charge in [0.25, 0.3) is 5.91 Å². The molecular formula is C13H16N2O5S. The molecule has 0 fully saturated rings. The first-order valence-electron chi connectivity index (χ1n) is 6.07. The van der Waals surface area contributed by atoms with E-state index in [0.717, 1.165) is 6.08 Å². The molecule has 0 unspecified atom stereocenters. The molecule has 1 heterocycles. The number of carbonyl (C=O) groups excluding carboxylic acids is 2. The lowest BCUT2D eigenvalue weighted by Gasteiger charge is -2.06. The normalized spacial score (nSPS) is 10.5. The topological polar surface area (TPSA) is 105 Å². The number of carbonyl (C=O) groups is 3. The average Bonchev–Trinajstić information content (AvgIpc) is 2.91. The molecule has 2 amide bonds. The number of hydrogen-bond donors (Lipinski definition) is 3. The summed E-state index contributed by atoms with van der Waals surface area (Å²) in [5.41, 5.74) is 0.500. The average molecular weight is 312 g/mol. The second-order valence-electron chi connectivity index (χ2n) is 3.90. The van der Waals surface area contributed by atoms with E-state index in [1.54, 1.807) is 11.4 Å². The van der Waals surface area contributed by atoms with E-state index in [1.165, 1.54) is 24.5 Å². The summed E-state index contributed by atoms with van der Waals surface area (Å²) in [7, 11) is 1.52. The van der Waals surface area contributed by atoms with Crippen molar-refractivity contribution in [2.75, 3.05) is 26.8 Å². The van der Waals surface area contributed by atoms with Gasteiger partial charge in [-0.1, -0.05) is 0 Å². The minimum absolute atomic E-state index is 0.150. The second-order valence-corrected chi connectivity index (χ2v) is 4.82. The Morgan fingerprint density at radius 1 is 1.38 bits per heavy atom. The predicted octanol–water partition coefficient (Wildman–Crippen LogP) is 0.338. The van der Waals surface area contributed by atoms with Crippen LogP contribution in [0.25, 0.3) is 6.08 Å². The van der Waals surface area contributed by atoms with E-state index in [-0.39, 0.29) is 12.5 Å². The van der Waals surface area contributed by atoms with Crippen LogP contribution in [0.2, 0.25) is 0 Å². The number of rotatable bonds is 8. The Labute approximate surface area is 125 Å². The first-order chi connectivity index (χ1) is 10.0. The highest BCUT2D eigenvalue weighted by Gasteiger charge is 2.12. The van der Waals surface area contributed by atoms with Gasteiger partial charge < -0.3 is 20.5 Å². The van der Waals surface area contributed by atoms with Gasteiger partial charge in [0.2, 0.25) is 5.91 Å². The van der Waals surface area contributed by atoms with Gasteiger partial charge in [-0.15, -0.1) is 11.3 Å². The van der Waals surface area contributed by atoms with Crippen molar-refractivity contribution >= 4 is 35.2 Å². The molecule has 0 atom stereocenters. The molecule has 0 aliphatic carbocycles. The van der Waals surface area contributed by atoms with Crippen molar-refractivity contribution < 1.29 is 24.2 Å². The lowest BCUT2D eigenvalue weighted by molar-refractivity contribution is -0.131. The van der Waals surface area contributed by atoms with Crippen LogP contribution in [0.1, 0.15) is 15.2 Å². The highest BCUT2D eigenvalue weighted by Crippen LogP contribution is 2.18. The van der Waals surface area contributed by atoms with E-state index in [2.05, 4.69) is 10.6 Å². The van der Waals surface area contributed by atoms with Gasteiger partial charge in [0.1, 0.15) is 0 Å². The Balaban J connectivity index is 2.51. The fraction of sp³-hybridized carbons (Fsp3) is 0.308. The number of amides is 2. The van der Waals surface area contributed by atoms with Gasteiger partial charge in [-0.2, -0.15) is 0 Å². The molecule has 1 aromatic rings. The smallest absolute Gasteiger partial charge is 0.328 e. The number of carboxylic acids is 1. The standard InChI is InChI=1S/C13H16N2O5S/c1-20-6-5-14-10(16)8-15-13(19)12-9(4-7-21-12)2-3-11(17)18/h2-4,7H,5-6,8H2,1H3,(H,14,16)(H,15,19)(H,17,18)/b3-2+. The second kappa shape index (κ2) is 8.88. The zero-order valence-electron chi connectivity index (χ0n) is 11.4. The maximum absolute atomic E-state index is 11.9. The number of methoxy groups -OCH3 is 1. The summed E-state index contributed by atoms with van der Waals surface area (Å²) in [6.07, 6.45) is 2.29. The first-order valence-corrected chi connectivity index (χ1v) is 6.95. The molecule has 7 nitrogen and oxygen atoms in total. The third kappa shape index (κ3) is 6.19. The highest BCUT2D eigenvalue weighted by molar-refractivity contribution is 7.12. The number of aliphatic carboxylic acids is 1. The summed E-state index contributed by atoms with van der Waals surface area (Å²) in [5, 5.41) is 15.3. The zero-order chi connectivity index (χ0) is 15.7. The van der Waals surface area contributed by atoms with Gasteiger partial charge >= 0.3 is 5.97 Å². The molecule has 0 saturated heterocycles. The minimum Gasteiger partial charge on any atom is -0.478 e. The molecule has 0 radical (unpaired) electrons. The van der Waals surface area contributed by atoms with E-state index in [9.17, 15) is 14.4 Å². The van der Waals surface area contributed by atoms with Crippen LogP contribution >= 0.6 is 11.3 Å². The summed E-state index contributed by atoms with van der Waals surface area (Å²) in [6, 6.07) is 1.64. The lowest BCUT2D eigenvalue weighted by atomic mass is 10.2. The quantitative estimate of drug-likeness (QED) is 0.474. The Morgan fingerprint density at radius 3 is 2.81 bits per heavy atom. The monoisotopic (exact) mass is 312 g/mol. The first kappa shape index (κ1) is 16.9. The summed E-state index contributed by atoms with van der Waals surface area (Å²) < 4.78 is 4.78. The van der Waals surface area contributed by atoms with Crippen LogP contribution in [-0.4, -0.2) is 49.7 Å². The van der Waals surface area contributed by atoms with E-state index >= 15 is 0 Å². The molecule has 0 saturated carbocycles. The van der Waals surface area contributed by atoms with E-state index in [1.807, 2.05) is 0 Å². The van der Waals surface area contributed by atoms with Crippen LogP contribution in [0, 0.1) is 0 Å². The minimum atomic E-state index is -1.09. The van der Waals surface area contributed by atoms with Gasteiger partial charge in [0.05, 0.1) is 18.0 Å². The molecule has 0 aliphatic heterocycles. The van der Waals surface area contributed by atoms with E-state index < -0.39 is 11.9 Å². The highest BCUT2D eigenvalue weighted by atomic mass is 32.1. The maximum Gasteiger partial charge on any atom is 0.328 e. The molecule has 0 spiro atoms. The van der Waals surface area contributed by atoms with Crippen molar-refractivity contribution in [3.63, 3.8) is 0 Å². The van der Waals surface area contributed by atoms with Crippen molar-refractivity contribution in [3.05, 3.63) is 28.0 Å². The molecule has 114 valence electrons. The lowest BCUT2D eigenvalue weighted by Crippen LogP contribution is -2.38. The Kier molecular flexibility index (Phi) is 7.13. The number of hydrogen-bond acceptors (Lipinski definition) is 5. The summed E-state index contributed by atoms with van der Waals surface area (Å²) in [6.45, 7) is 0.619. The van der Waals surface area contributed by atoms with Crippen molar-refractivity contribution in [1.29, 1.82) is 0 Å². The fourth-order valence-electron chi connectivity index (χ4n) is 1.39. The largest absolute Gasteiger partial charge is 0.478 e. The molecule has 0 aromatic carbocycles. The molecule has 0 bridgehead atoms. The van der Waals surface area contributed by atoms with Gasteiger partial charge in [-0.25, -0.2) is 4.79 Å². The van der Waals surface area contributed by atoms with Crippen LogP contribution in [0.15, 0.2) is 17.5 Å². The Hall–Kier alpha value is -2.19. The third-order valence-electron chi connectivity index (χ3n) is 2.35. The van der Waals surface area contributed by atoms with Crippen molar-refractivity contribution in [2.45, 2.75) is 0 Å². The predicted molar refractivity (Wildman–Crippen MR) is 78.2 cm³/mol. The molecule has 3 N–H and O–H groups in total. The van der Waals surface area contributed by atoms with Gasteiger partial charge in [0, 0.05) is 19.7 Å². The molecule has 1 rings (SSSR count). The maximum atomic E-state index is 11.9. The molecule has 21 heavy (non-hydrogen) atoms. The van der Waals surface area contributed by atoms with E-state index in [4.69, 9.17) is 9.84 Å². The summed E-state index contributed by atoms with van der Waals surface area (Å²) in [4.78, 5) is 34.2. The molecule has 8 heteroatoms. The molecule has 1 aromatic heterocycles. The number of thiophene rings is 1. The summed E-state index contributed by atoms with van der Waals surface area (Å²) >= 11 is 1.17. The number of ether oxygens (including phenoxy) is 1. The van der Waals surface area contributed by atoms with Crippen LogP contribution in [0.5, 0.6) is 0 Å². The number of carboxylic acid groups (broad SMARTS) is 1. The van der Waals surface area contributed by atoms with Gasteiger partial charge in [-0.3, -0.25) is 9.59 Å². The summed E-state index contributed by atoms with van der Waals surface area (Å²) in [5.74, 6) is -1.83. The molecular weight excluding hydrogens is 296 g/mol. The van der Waals surface area contributed by atoms with Crippen LogP contribution in [0.4, 0.5) is 0 Å². The fourth-order valence-corrected chi connectivity index (χ4v) is 2.19. The van der Waals surface area contributed by atoms with Gasteiger partial charge in [0.15, 0.2) is 0 Å². The Bertz CT molecular complexity index is 538. The van der Waals surface area contributed by atoms with Gasteiger partial charge in [-0.05, 0) is 23.1 Å². The van der Waals surface area contributed by atoms with Crippen molar-refractivity contribution in [3.8, 4) is 0 Å². The van der Waals surface area contributed by atoms with Crippen molar-refractivity contribution in [2.24, 2.45) is 0 Å². The van der Waals surface area contributed by atoms with Crippen LogP contribution in [-0.2, 0) is 14.3 Å². The van der Waals surface area contributed by atoms with Crippen LogP contribution in [0.3, 0.4) is 0 Å². The van der Waals surface area contributed by atoms with Crippen molar-refractivity contribution in [1.82, 2.24) is 10.6 Å². The molecule has 0 aliphatic rings.